The molecular weight excluding hydrogens is 242 g/mol. The van der Waals surface area contributed by atoms with Crippen molar-refractivity contribution < 1.29 is 15.0 Å². The lowest BCUT2D eigenvalue weighted by atomic mass is 9.85. The predicted molar refractivity (Wildman–Crippen MR) is 71.2 cm³/mol. The van der Waals surface area contributed by atoms with E-state index in [-0.39, 0.29) is 23.0 Å². The number of carbonyl (C=O) groups excluding carboxylic acids is 1. The first-order valence-electron chi connectivity index (χ1n) is 7.00. The number of amides is 1. The van der Waals surface area contributed by atoms with Crippen LogP contribution in [0.15, 0.2) is 18.2 Å². The molecule has 2 aliphatic rings. The molecule has 2 unspecified atom stereocenters. The Labute approximate surface area is 112 Å². The highest BCUT2D eigenvalue weighted by atomic mass is 16.3. The number of likely N-dealkylation sites (tertiary alicyclic amines) is 1. The maximum Gasteiger partial charge on any atom is 0.258 e. The number of nitrogens with zero attached hydrogens (tertiary/aromatic N) is 1. The average molecular weight is 261 g/mol. The zero-order valence-electron chi connectivity index (χ0n) is 10.9. The molecule has 102 valence electrons. The molecule has 2 atom stereocenters. The van der Waals surface area contributed by atoms with Crippen LogP contribution < -0.4 is 0 Å². The lowest BCUT2D eigenvalue weighted by molar-refractivity contribution is 0.0686. The minimum atomic E-state index is -0.299. The second-order valence-corrected chi connectivity index (χ2v) is 5.57. The summed E-state index contributed by atoms with van der Waals surface area (Å²) >= 11 is 0. The van der Waals surface area contributed by atoms with Gasteiger partial charge in [0.15, 0.2) is 11.5 Å². The molecule has 3 rings (SSSR count). The van der Waals surface area contributed by atoms with Crippen LogP contribution in [-0.2, 0) is 0 Å². The van der Waals surface area contributed by atoms with Gasteiger partial charge in [-0.05, 0) is 37.3 Å². The highest BCUT2D eigenvalue weighted by Crippen LogP contribution is 2.38. The van der Waals surface area contributed by atoms with Gasteiger partial charge in [-0.15, -0.1) is 0 Å². The molecule has 4 nitrogen and oxygen atoms in total. The molecule has 2 fully saturated rings. The monoisotopic (exact) mass is 261 g/mol. The lowest BCUT2D eigenvalue weighted by Gasteiger charge is -2.31. The quantitative estimate of drug-likeness (QED) is 0.764. The van der Waals surface area contributed by atoms with Crippen molar-refractivity contribution in [1.82, 2.24) is 4.90 Å². The Balaban J connectivity index is 1.86. The average Bonchev–Trinajstić information content (AvgIpc) is 2.85. The third kappa shape index (κ3) is 2.05. The van der Waals surface area contributed by atoms with Crippen LogP contribution in [0.4, 0.5) is 0 Å². The molecule has 1 aliphatic heterocycles. The Hall–Kier alpha value is -1.71. The Morgan fingerprint density at radius 2 is 1.95 bits per heavy atom. The molecule has 0 bridgehead atoms. The Morgan fingerprint density at radius 1 is 1.16 bits per heavy atom. The van der Waals surface area contributed by atoms with Crippen LogP contribution in [0.1, 0.15) is 42.5 Å². The fraction of sp³-hybridized carbons (Fsp3) is 0.533. The maximum absolute atomic E-state index is 12.5. The summed E-state index contributed by atoms with van der Waals surface area (Å²) in [4.78, 5) is 14.4. The first-order valence-corrected chi connectivity index (χ1v) is 7.00. The number of hydrogen-bond donors (Lipinski definition) is 2. The largest absolute Gasteiger partial charge is 0.504 e. The second kappa shape index (κ2) is 4.76. The molecule has 0 radical (unpaired) electrons. The molecule has 1 aliphatic carbocycles. The molecule has 0 spiro atoms. The van der Waals surface area contributed by atoms with Crippen LogP contribution in [-0.4, -0.2) is 33.6 Å². The standard InChI is InChI=1S/C15H19NO3/c17-13-7-3-5-11(14(13)18)15(19)16-9-8-10-4-1-2-6-12(10)16/h3,5,7,10,12,17-18H,1-2,4,6,8-9H2. The van der Waals surface area contributed by atoms with E-state index in [0.717, 1.165) is 19.4 Å². The highest BCUT2D eigenvalue weighted by Gasteiger charge is 2.39. The SMILES string of the molecule is O=C(c1cccc(O)c1O)N1CCC2CCCCC21. The van der Waals surface area contributed by atoms with E-state index in [1.54, 1.807) is 12.1 Å². The van der Waals surface area contributed by atoms with E-state index in [9.17, 15) is 15.0 Å². The topological polar surface area (TPSA) is 60.8 Å². The van der Waals surface area contributed by atoms with E-state index in [2.05, 4.69) is 0 Å². The Morgan fingerprint density at radius 3 is 2.79 bits per heavy atom. The van der Waals surface area contributed by atoms with Gasteiger partial charge in [-0.2, -0.15) is 0 Å². The van der Waals surface area contributed by atoms with Crippen LogP contribution >= 0.6 is 0 Å². The van der Waals surface area contributed by atoms with Crippen molar-refractivity contribution >= 4 is 5.91 Å². The van der Waals surface area contributed by atoms with Gasteiger partial charge in [-0.3, -0.25) is 4.79 Å². The zero-order valence-corrected chi connectivity index (χ0v) is 10.9. The maximum atomic E-state index is 12.5. The minimum absolute atomic E-state index is 0.150. The number of para-hydroxylation sites is 1. The van der Waals surface area contributed by atoms with Crippen LogP contribution in [0.25, 0.3) is 0 Å². The normalized spacial score (nSPS) is 26.2. The number of hydrogen-bond acceptors (Lipinski definition) is 3. The lowest BCUT2D eigenvalue weighted by Crippen LogP contribution is -2.39. The number of fused-ring (bicyclic) bond motifs is 1. The summed E-state index contributed by atoms with van der Waals surface area (Å²) in [6, 6.07) is 4.88. The van der Waals surface area contributed by atoms with Crippen molar-refractivity contribution in [3.63, 3.8) is 0 Å². The first-order chi connectivity index (χ1) is 9.18. The summed E-state index contributed by atoms with van der Waals surface area (Å²) in [6.45, 7) is 0.767. The number of benzene rings is 1. The van der Waals surface area contributed by atoms with Crippen molar-refractivity contribution in [1.29, 1.82) is 0 Å². The molecule has 2 N–H and O–H groups in total. The number of aromatic hydroxyl groups is 2. The van der Waals surface area contributed by atoms with Gasteiger partial charge in [0.2, 0.25) is 0 Å². The van der Waals surface area contributed by atoms with Gasteiger partial charge in [-0.25, -0.2) is 0 Å². The fourth-order valence-electron chi connectivity index (χ4n) is 3.52. The third-order valence-electron chi connectivity index (χ3n) is 4.52. The third-order valence-corrected chi connectivity index (χ3v) is 4.52. The second-order valence-electron chi connectivity index (χ2n) is 5.57. The Bertz CT molecular complexity index is 500. The summed E-state index contributed by atoms with van der Waals surface area (Å²) in [5.74, 6) is -0.0584. The molecule has 1 amide bonds. The summed E-state index contributed by atoms with van der Waals surface area (Å²) in [6.07, 6.45) is 5.78. The van der Waals surface area contributed by atoms with Gasteiger partial charge < -0.3 is 15.1 Å². The molecule has 1 heterocycles. The van der Waals surface area contributed by atoms with Crippen molar-refractivity contribution in [2.24, 2.45) is 5.92 Å². The van der Waals surface area contributed by atoms with Gasteiger partial charge in [0, 0.05) is 12.6 Å². The summed E-state index contributed by atoms with van der Waals surface area (Å²) < 4.78 is 0. The molecule has 19 heavy (non-hydrogen) atoms. The molecule has 1 saturated heterocycles. The first kappa shape index (κ1) is 12.3. The van der Waals surface area contributed by atoms with Crippen molar-refractivity contribution in [2.75, 3.05) is 6.54 Å². The fourth-order valence-corrected chi connectivity index (χ4v) is 3.52. The molecular formula is C15H19NO3. The van der Waals surface area contributed by atoms with Gasteiger partial charge in [0.1, 0.15) is 0 Å². The smallest absolute Gasteiger partial charge is 0.258 e. The van der Waals surface area contributed by atoms with E-state index in [1.807, 2.05) is 4.90 Å². The van der Waals surface area contributed by atoms with E-state index in [4.69, 9.17) is 0 Å². The molecule has 4 heteroatoms. The van der Waals surface area contributed by atoms with Crippen LogP contribution in [0, 0.1) is 5.92 Å². The predicted octanol–water partition coefficient (Wildman–Crippen LogP) is 2.50. The van der Waals surface area contributed by atoms with E-state index in [0.29, 0.717) is 12.0 Å². The highest BCUT2D eigenvalue weighted by molar-refractivity contribution is 5.98. The van der Waals surface area contributed by atoms with Crippen LogP contribution in [0.5, 0.6) is 11.5 Å². The number of phenols is 2. The van der Waals surface area contributed by atoms with Gasteiger partial charge in [0.25, 0.3) is 5.91 Å². The minimum Gasteiger partial charge on any atom is -0.504 e. The van der Waals surface area contributed by atoms with Crippen molar-refractivity contribution in [2.45, 2.75) is 38.1 Å². The molecule has 0 aromatic heterocycles. The van der Waals surface area contributed by atoms with Gasteiger partial charge >= 0.3 is 0 Å². The van der Waals surface area contributed by atoms with E-state index in [1.165, 1.54) is 25.3 Å². The van der Waals surface area contributed by atoms with Crippen LogP contribution in [0.2, 0.25) is 0 Å². The molecule has 1 aromatic carbocycles. The number of phenolic OH excluding ortho intramolecular Hbond substituents is 2. The van der Waals surface area contributed by atoms with E-state index >= 15 is 0 Å². The molecule has 1 aromatic rings. The summed E-state index contributed by atoms with van der Waals surface area (Å²) in [7, 11) is 0. The van der Waals surface area contributed by atoms with Gasteiger partial charge in [-0.1, -0.05) is 18.9 Å². The van der Waals surface area contributed by atoms with Gasteiger partial charge in [0.05, 0.1) is 5.56 Å². The van der Waals surface area contributed by atoms with Crippen molar-refractivity contribution in [3.8, 4) is 11.5 Å². The Kier molecular flexibility index (Phi) is 3.09. The summed E-state index contributed by atoms with van der Waals surface area (Å²) in [5, 5.41) is 19.3. The summed E-state index contributed by atoms with van der Waals surface area (Å²) in [5.41, 5.74) is 0.214. The molecule has 1 saturated carbocycles. The number of rotatable bonds is 1. The van der Waals surface area contributed by atoms with Crippen molar-refractivity contribution in [3.05, 3.63) is 23.8 Å². The van der Waals surface area contributed by atoms with E-state index < -0.39 is 0 Å². The zero-order chi connectivity index (χ0) is 13.4. The van der Waals surface area contributed by atoms with Crippen LogP contribution in [0.3, 0.4) is 0 Å². The number of carbonyl (C=O) groups is 1.